The van der Waals surface area contributed by atoms with Crippen LogP contribution in [0.4, 0.5) is 4.39 Å². The first-order chi connectivity index (χ1) is 9.19. The summed E-state index contributed by atoms with van der Waals surface area (Å²) in [5, 5.41) is 0. The van der Waals surface area contributed by atoms with E-state index in [0.29, 0.717) is 5.75 Å². The summed E-state index contributed by atoms with van der Waals surface area (Å²) in [6, 6.07) is 5.12. The van der Waals surface area contributed by atoms with Crippen LogP contribution in [0.2, 0.25) is 0 Å². The van der Waals surface area contributed by atoms with Crippen molar-refractivity contribution < 1.29 is 9.13 Å². The van der Waals surface area contributed by atoms with Gasteiger partial charge in [0.2, 0.25) is 0 Å². The molecular weight excluding hydrogens is 243 g/mol. The maximum absolute atomic E-state index is 13.8. The van der Waals surface area contributed by atoms with Gasteiger partial charge in [-0.3, -0.25) is 0 Å². The Balaban J connectivity index is 1.76. The zero-order chi connectivity index (χ0) is 13.7. The molecule has 0 atom stereocenters. The van der Waals surface area contributed by atoms with Crippen LogP contribution in [0.5, 0.6) is 5.75 Å². The fourth-order valence-electron chi connectivity index (χ4n) is 2.42. The largest absolute Gasteiger partial charge is 0.497 e. The fourth-order valence-corrected chi connectivity index (χ4v) is 2.42. The molecule has 1 fully saturated rings. The molecule has 1 aromatic carbocycles. The summed E-state index contributed by atoms with van der Waals surface area (Å²) in [5.74, 6) is 0.429. The van der Waals surface area contributed by atoms with E-state index in [9.17, 15) is 4.39 Å². The van der Waals surface area contributed by atoms with Gasteiger partial charge < -0.3 is 14.5 Å². The zero-order valence-corrected chi connectivity index (χ0v) is 11.9. The molecule has 1 aliphatic rings. The van der Waals surface area contributed by atoms with Crippen molar-refractivity contribution in [3.63, 3.8) is 0 Å². The van der Waals surface area contributed by atoms with Crippen molar-refractivity contribution in [2.75, 3.05) is 46.9 Å². The number of aryl methyl sites for hydroxylation is 1. The monoisotopic (exact) mass is 266 g/mol. The first-order valence-corrected chi connectivity index (χ1v) is 6.92. The Kier molecular flexibility index (Phi) is 5.16. The van der Waals surface area contributed by atoms with Crippen LogP contribution in [0.25, 0.3) is 0 Å². The molecule has 0 amide bonds. The Morgan fingerprint density at radius 1 is 1.21 bits per heavy atom. The number of nitrogens with zero attached hydrogens (tertiary/aromatic N) is 2. The highest BCUT2D eigenvalue weighted by molar-refractivity contribution is 5.28. The van der Waals surface area contributed by atoms with Gasteiger partial charge in [-0.25, -0.2) is 4.39 Å². The highest BCUT2D eigenvalue weighted by Crippen LogP contribution is 2.17. The number of hydrogen-bond acceptors (Lipinski definition) is 3. The zero-order valence-electron chi connectivity index (χ0n) is 11.9. The van der Waals surface area contributed by atoms with E-state index in [1.807, 2.05) is 12.1 Å². The molecule has 19 heavy (non-hydrogen) atoms. The van der Waals surface area contributed by atoms with Crippen LogP contribution < -0.4 is 4.74 Å². The summed E-state index contributed by atoms with van der Waals surface area (Å²) < 4.78 is 18.8. The van der Waals surface area contributed by atoms with Crippen LogP contribution in [0.3, 0.4) is 0 Å². The van der Waals surface area contributed by atoms with Crippen molar-refractivity contribution in [3.8, 4) is 5.75 Å². The van der Waals surface area contributed by atoms with Gasteiger partial charge in [0.05, 0.1) is 7.11 Å². The average Bonchev–Trinajstić information content (AvgIpc) is 2.42. The lowest BCUT2D eigenvalue weighted by Gasteiger charge is -2.32. The van der Waals surface area contributed by atoms with Crippen molar-refractivity contribution in [1.29, 1.82) is 0 Å². The summed E-state index contributed by atoms with van der Waals surface area (Å²) in [7, 11) is 3.71. The molecule has 4 heteroatoms. The summed E-state index contributed by atoms with van der Waals surface area (Å²) in [6.45, 7) is 5.58. The quantitative estimate of drug-likeness (QED) is 0.811. The van der Waals surface area contributed by atoms with Gasteiger partial charge in [0.1, 0.15) is 11.6 Å². The minimum Gasteiger partial charge on any atom is -0.497 e. The first-order valence-electron chi connectivity index (χ1n) is 6.92. The molecule has 1 heterocycles. The predicted molar refractivity (Wildman–Crippen MR) is 75.2 cm³/mol. The second-order valence-electron chi connectivity index (χ2n) is 5.21. The predicted octanol–water partition coefficient (Wildman–Crippen LogP) is 2.01. The normalized spacial score (nSPS) is 17.6. The Morgan fingerprint density at radius 2 is 1.95 bits per heavy atom. The fraction of sp³-hybridized carbons (Fsp3) is 0.600. The molecule has 0 radical (unpaired) electrons. The van der Waals surface area contributed by atoms with Gasteiger partial charge in [-0.05, 0) is 38.1 Å². The second kappa shape index (κ2) is 6.87. The Bertz CT molecular complexity index is 403. The molecule has 1 aliphatic heterocycles. The van der Waals surface area contributed by atoms with Crippen molar-refractivity contribution >= 4 is 0 Å². The van der Waals surface area contributed by atoms with Gasteiger partial charge in [0, 0.05) is 32.2 Å². The van der Waals surface area contributed by atoms with E-state index in [4.69, 9.17) is 4.74 Å². The van der Waals surface area contributed by atoms with Crippen molar-refractivity contribution in [2.24, 2.45) is 0 Å². The minimum absolute atomic E-state index is 0.155. The number of ether oxygens (including phenoxy) is 1. The third kappa shape index (κ3) is 4.18. The van der Waals surface area contributed by atoms with E-state index in [1.165, 1.54) is 6.07 Å². The van der Waals surface area contributed by atoms with Crippen molar-refractivity contribution in [2.45, 2.75) is 12.8 Å². The second-order valence-corrected chi connectivity index (χ2v) is 5.21. The number of hydrogen-bond donors (Lipinski definition) is 0. The molecule has 0 saturated carbocycles. The van der Waals surface area contributed by atoms with E-state index in [2.05, 4.69) is 16.8 Å². The lowest BCUT2D eigenvalue weighted by atomic mass is 10.1. The van der Waals surface area contributed by atoms with Crippen molar-refractivity contribution in [3.05, 3.63) is 29.6 Å². The van der Waals surface area contributed by atoms with Gasteiger partial charge in [-0.1, -0.05) is 6.07 Å². The van der Waals surface area contributed by atoms with E-state index in [1.54, 1.807) is 7.11 Å². The van der Waals surface area contributed by atoms with Crippen LogP contribution in [0.1, 0.15) is 12.0 Å². The molecule has 0 aliphatic carbocycles. The molecule has 0 spiro atoms. The molecule has 106 valence electrons. The number of rotatable bonds is 5. The summed E-state index contributed by atoms with van der Waals surface area (Å²) in [4.78, 5) is 4.81. The summed E-state index contributed by atoms with van der Waals surface area (Å²) in [6.07, 6.45) is 1.80. The van der Waals surface area contributed by atoms with Gasteiger partial charge in [-0.2, -0.15) is 0 Å². The van der Waals surface area contributed by atoms with Gasteiger partial charge >= 0.3 is 0 Å². The summed E-state index contributed by atoms with van der Waals surface area (Å²) in [5.41, 5.74) is 0.787. The van der Waals surface area contributed by atoms with Gasteiger partial charge in [0.15, 0.2) is 0 Å². The third-order valence-corrected chi connectivity index (χ3v) is 3.78. The Morgan fingerprint density at radius 3 is 2.58 bits per heavy atom. The highest BCUT2D eigenvalue weighted by Gasteiger charge is 2.13. The van der Waals surface area contributed by atoms with Crippen LogP contribution in [-0.4, -0.2) is 56.7 Å². The Hall–Kier alpha value is -1.13. The molecule has 2 rings (SSSR count). The van der Waals surface area contributed by atoms with Gasteiger partial charge in [0.25, 0.3) is 0 Å². The van der Waals surface area contributed by atoms with Gasteiger partial charge in [-0.15, -0.1) is 0 Å². The maximum atomic E-state index is 13.8. The number of halogens is 1. The standard InChI is InChI=1S/C15H23FN2O/c1-17-8-10-18(11-9-17)7-3-4-13-5-6-14(19-2)12-15(13)16/h5-6,12H,3-4,7-11H2,1-2H3. The lowest BCUT2D eigenvalue weighted by molar-refractivity contribution is 0.153. The average molecular weight is 266 g/mol. The van der Waals surface area contributed by atoms with Crippen LogP contribution in [0, 0.1) is 5.82 Å². The maximum Gasteiger partial charge on any atom is 0.130 e. The molecule has 1 saturated heterocycles. The Labute approximate surface area is 115 Å². The molecule has 0 aromatic heterocycles. The van der Waals surface area contributed by atoms with E-state index < -0.39 is 0 Å². The first kappa shape index (κ1) is 14.3. The molecule has 0 bridgehead atoms. The molecule has 0 N–H and O–H groups in total. The third-order valence-electron chi connectivity index (χ3n) is 3.78. The SMILES string of the molecule is COc1ccc(CCCN2CCN(C)CC2)c(F)c1. The lowest BCUT2D eigenvalue weighted by Crippen LogP contribution is -2.44. The number of benzene rings is 1. The van der Waals surface area contributed by atoms with E-state index in [-0.39, 0.29) is 5.82 Å². The molecular formula is C15H23FN2O. The number of methoxy groups -OCH3 is 1. The van der Waals surface area contributed by atoms with Crippen molar-refractivity contribution in [1.82, 2.24) is 9.80 Å². The highest BCUT2D eigenvalue weighted by atomic mass is 19.1. The van der Waals surface area contributed by atoms with Crippen LogP contribution in [-0.2, 0) is 6.42 Å². The van der Waals surface area contributed by atoms with Crippen LogP contribution in [0.15, 0.2) is 18.2 Å². The molecule has 0 unspecified atom stereocenters. The minimum atomic E-state index is -0.155. The smallest absolute Gasteiger partial charge is 0.130 e. The molecule has 1 aromatic rings. The number of piperazine rings is 1. The summed E-state index contributed by atoms with van der Waals surface area (Å²) >= 11 is 0. The number of likely N-dealkylation sites (N-methyl/N-ethyl adjacent to an activating group) is 1. The van der Waals surface area contributed by atoms with E-state index >= 15 is 0 Å². The molecule has 3 nitrogen and oxygen atoms in total. The van der Waals surface area contributed by atoms with E-state index in [0.717, 1.165) is 51.1 Å². The topological polar surface area (TPSA) is 15.7 Å². The van der Waals surface area contributed by atoms with Crippen LogP contribution >= 0.6 is 0 Å².